The highest BCUT2D eigenvalue weighted by atomic mass is 15.2. The van der Waals surface area contributed by atoms with Gasteiger partial charge in [0.15, 0.2) is 0 Å². The number of aromatic amines is 1. The minimum atomic E-state index is 0.794. The summed E-state index contributed by atoms with van der Waals surface area (Å²) in [5, 5.41) is 14.0. The Kier molecular flexibility index (Phi) is 3.45. The minimum absolute atomic E-state index is 0.794. The van der Waals surface area contributed by atoms with E-state index in [0.29, 0.717) is 0 Å². The molecule has 0 spiro atoms. The second kappa shape index (κ2) is 5.22. The van der Waals surface area contributed by atoms with Gasteiger partial charge in [-0.05, 0) is 0 Å². The molecule has 2 heterocycles. The van der Waals surface area contributed by atoms with Crippen LogP contribution in [0.2, 0.25) is 0 Å². The monoisotopic (exact) mass is 218 g/mol. The molecule has 0 radical (unpaired) electrons. The Labute approximate surface area is 93.4 Å². The molecule has 2 N–H and O–H groups in total. The molecule has 0 unspecified atom stereocenters. The second-order valence-corrected chi connectivity index (χ2v) is 3.37. The van der Waals surface area contributed by atoms with E-state index in [1.54, 1.807) is 10.9 Å². The SMILES string of the molecule is C=Cn1cc(CNCCc2ncn[nH]2)cn1. The van der Waals surface area contributed by atoms with Crippen molar-refractivity contribution in [2.75, 3.05) is 6.54 Å². The minimum Gasteiger partial charge on any atom is -0.312 e. The Bertz CT molecular complexity index is 430. The molecule has 0 fully saturated rings. The maximum Gasteiger partial charge on any atom is 0.137 e. The number of H-pyrrole nitrogens is 1. The number of hydrogen-bond acceptors (Lipinski definition) is 4. The van der Waals surface area contributed by atoms with Gasteiger partial charge >= 0.3 is 0 Å². The molecule has 0 aliphatic heterocycles. The lowest BCUT2D eigenvalue weighted by atomic mass is 10.3. The van der Waals surface area contributed by atoms with E-state index in [1.165, 1.54) is 6.33 Å². The molecular formula is C10H14N6. The maximum atomic E-state index is 4.09. The van der Waals surface area contributed by atoms with Crippen molar-refractivity contribution in [3.05, 3.63) is 36.7 Å². The van der Waals surface area contributed by atoms with E-state index in [-0.39, 0.29) is 0 Å². The van der Waals surface area contributed by atoms with Crippen molar-refractivity contribution in [2.45, 2.75) is 13.0 Å². The van der Waals surface area contributed by atoms with Crippen LogP contribution in [0.5, 0.6) is 0 Å². The third-order valence-electron chi connectivity index (χ3n) is 2.17. The van der Waals surface area contributed by atoms with Crippen LogP contribution in [-0.2, 0) is 13.0 Å². The van der Waals surface area contributed by atoms with Crippen molar-refractivity contribution in [3.8, 4) is 0 Å². The number of nitrogens with one attached hydrogen (secondary N) is 2. The van der Waals surface area contributed by atoms with E-state index >= 15 is 0 Å². The van der Waals surface area contributed by atoms with Gasteiger partial charge in [0, 0.05) is 37.5 Å². The molecule has 2 aromatic heterocycles. The molecule has 0 saturated heterocycles. The largest absolute Gasteiger partial charge is 0.312 e. The molecule has 0 saturated carbocycles. The molecule has 0 amide bonds. The van der Waals surface area contributed by atoms with E-state index in [2.05, 4.69) is 32.2 Å². The molecule has 0 aromatic carbocycles. The Morgan fingerprint density at radius 1 is 1.56 bits per heavy atom. The molecule has 2 aromatic rings. The molecule has 2 rings (SSSR count). The summed E-state index contributed by atoms with van der Waals surface area (Å²) >= 11 is 0. The van der Waals surface area contributed by atoms with Gasteiger partial charge in [0.1, 0.15) is 12.2 Å². The van der Waals surface area contributed by atoms with Gasteiger partial charge < -0.3 is 5.32 Å². The fraction of sp³-hybridized carbons (Fsp3) is 0.300. The van der Waals surface area contributed by atoms with Crippen LogP contribution in [0.4, 0.5) is 0 Å². The lowest BCUT2D eigenvalue weighted by Crippen LogP contribution is -2.16. The second-order valence-electron chi connectivity index (χ2n) is 3.37. The lowest BCUT2D eigenvalue weighted by molar-refractivity contribution is 0.671. The highest BCUT2D eigenvalue weighted by molar-refractivity contribution is 5.17. The zero-order chi connectivity index (χ0) is 11.2. The fourth-order valence-corrected chi connectivity index (χ4v) is 1.36. The van der Waals surface area contributed by atoms with Crippen LogP contribution >= 0.6 is 0 Å². The Hall–Kier alpha value is -1.95. The van der Waals surface area contributed by atoms with Crippen molar-refractivity contribution in [3.63, 3.8) is 0 Å². The third-order valence-corrected chi connectivity index (χ3v) is 2.17. The van der Waals surface area contributed by atoms with Crippen LogP contribution in [0, 0.1) is 0 Å². The van der Waals surface area contributed by atoms with Crippen LogP contribution in [0.25, 0.3) is 6.20 Å². The first-order valence-corrected chi connectivity index (χ1v) is 5.09. The molecule has 0 atom stereocenters. The van der Waals surface area contributed by atoms with Crippen molar-refractivity contribution in [1.29, 1.82) is 0 Å². The maximum absolute atomic E-state index is 4.09. The van der Waals surface area contributed by atoms with Crippen LogP contribution in [0.3, 0.4) is 0 Å². The number of hydrogen-bond donors (Lipinski definition) is 2. The van der Waals surface area contributed by atoms with Crippen LogP contribution in [0.1, 0.15) is 11.4 Å². The summed E-state index contributed by atoms with van der Waals surface area (Å²) in [7, 11) is 0. The zero-order valence-electron chi connectivity index (χ0n) is 8.93. The summed E-state index contributed by atoms with van der Waals surface area (Å²) in [5.41, 5.74) is 1.14. The summed E-state index contributed by atoms with van der Waals surface area (Å²) in [6.45, 7) is 5.28. The standard InChI is InChI=1S/C10H14N6/c1-2-16-7-9(6-14-16)5-11-4-3-10-12-8-13-15-10/h2,6-8,11H,1,3-5H2,(H,12,13,15). The highest BCUT2D eigenvalue weighted by Gasteiger charge is 1.97. The molecule has 0 bridgehead atoms. The first-order chi connectivity index (χ1) is 7.88. The van der Waals surface area contributed by atoms with Gasteiger partial charge in [0.05, 0.1) is 6.20 Å². The summed E-state index contributed by atoms with van der Waals surface area (Å²) < 4.78 is 1.69. The summed E-state index contributed by atoms with van der Waals surface area (Å²) in [6.07, 6.45) is 7.79. The smallest absolute Gasteiger partial charge is 0.137 e. The number of rotatable bonds is 6. The van der Waals surface area contributed by atoms with Gasteiger partial charge in [0.2, 0.25) is 0 Å². The molecule has 6 heteroatoms. The van der Waals surface area contributed by atoms with Gasteiger partial charge in [-0.2, -0.15) is 10.2 Å². The van der Waals surface area contributed by atoms with Crippen molar-refractivity contribution in [1.82, 2.24) is 30.3 Å². The normalized spacial score (nSPS) is 10.5. The fourth-order valence-electron chi connectivity index (χ4n) is 1.36. The number of aromatic nitrogens is 5. The summed E-state index contributed by atoms with van der Waals surface area (Å²) in [6, 6.07) is 0. The first kappa shape index (κ1) is 10.6. The Morgan fingerprint density at radius 2 is 2.50 bits per heavy atom. The predicted molar refractivity (Wildman–Crippen MR) is 60.4 cm³/mol. The first-order valence-electron chi connectivity index (χ1n) is 5.09. The zero-order valence-corrected chi connectivity index (χ0v) is 8.93. The summed E-state index contributed by atoms with van der Waals surface area (Å²) in [5.74, 6) is 0.897. The lowest BCUT2D eigenvalue weighted by Gasteiger charge is -2.00. The topological polar surface area (TPSA) is 71.4 Å². The van der Waals surface area contributed by atoms with E-state index in [4.69, 9.17) is 0 Å². The molecule has 16 heavy (non-hydrogen) atoms. The average Bonchev–Trinajstić information content (AvgIpc) is 2.95. The van der Waals surface area contributed by atoms with Gasteiger partial charge in [-0.15, -0.1) is 0 Å². The van der Waals surface area contributed by atoms with Crippen LogP contribution in [-0.4, -0.2) is 31.5 Å². The predicted octanol–water partition coefficient (Wildman–Crippen LogP) is 0.434. The Balaban J connectivity index is 1.70. The van der Waals surface area contributed by atoms with Gasteiger partial charge in [-0.3, -0.25) is 5.10 Å². The van der Waals surface area contributed by atoms with Gasteiger partial charge in [-0.25, -0.2) is 9.67 Å². The number of nitrogens with zero attached hydrogens (tertiary/aromatic N) is 4. The van der Waals surface area contributed by atoms with Crippen molar-refractivity contribution >= 4 is 6.20 Å². The average molecular weight is 218 g/mol. The summed E-state index contributed by atoms with van der Waals surface area (Å²) in [4.78, 5) is 4.04. The quantitative estimate of drug-likeness (QED) is 0.690. The third kappa shape index (κ3) is 2.77. The van der Waals surface area contributed by atoms with Crippen molar-refractivity contribution in [2.24, 2.45) is 0 Å². The Morgan fingerprint density at radius 3 is 3.19 bits per heavy atom. The highest BCUT2D eigenvalue weighted by Crippen LogP contribution is 1.97. The van der Waals surface area contributed by atoms with E-state index in [9.17, 15) is 0 Å². The molecule has 84 valence electrons. The van der Waals surface area contributed by atoms with E-state index < -0.39 is 0 Å². The molecule has 0 aliphatic rings. The van der Waals surface area contributed by atoms with E-state index in [0.717, 1.165) is 30.9 Å². The van der Waals surface area contributed by atoms with Gasteiger partial charge in [-0.1, -0.05) is 6.58 Å². The van der Waals surface area contributed by atoms with E-state index in [1.807, 2.05) is 12.4 Å². The molecule has 0 aliphatic carbocycles. The van der Waals surface area contributed by atoms with Gasteiger partial charge in [0.25, 0.3) is 0 Å². The van der Waals surface area contributed by atoms with Crippen LogP contribution in [0.15, 0.2) is 25.3 Å². The molecule has 6 nitrogen and oxygen atoms in total. The van der Waals surface area contributed by atoms with Crippen LogP contribution < -0.4 is 5.32 Å². The van der Waals surface area contributed by atoms with Crippen molar-refractivity contribution < 1.29 is 0 Å². The molecular weight excluding hydrogens is 204 g/mol.